The first kappa shape index (κ1) is 15.4. The van der Waals surface area contributed by atoms with Crippen molar-refractivity contribution < 1.29 is 15.0 Å². The van der Waals surface area contributed by atoms with Crippen molar-refractivity contribution in [2.24, 2.45) is 11.8 Å². The van der Waals surface area contributed by atoms with Crippen molar-refractivity contribution in [3.05, 3.63) is 42.4 Å². The molecule has 0 radical (unpaired) electrons. The monoisotopic (exact) mass is 326 g/mol. The quantitative estimate of drug-likeness (QED) is 0.905. The molecule has 1 fully saturated rings. The van der Waals surface area contributed by atoms with Crippen LogP contribution in [0.15, 0.2) is 36.8 Å². The highest BCUT2D eigenvalue weighted by Gasteiger charge is 2.34. The van der Waals surface area contributed by atoms with Crippen LogP contribution in [0.25, 0.3) is 11.3 Å². The Morgan fingerprint density at radius 3 is 2.75 bits per heavy atom. The van der Waals surface area contributed by atoms with Gasteiger partial charge in [-0.05, 0) is 43.6 Å². The summed E-state index contributed by atoms with van der Waals surface area (Å²) < 4.78 is 2.15. The largest absolute Gasteiger partial charge is 0.481 e. The smallest absolute Gasteiger partial charge is 0.306 e. The Balaban J connectivity index is 1.49. The lowest BCUT2D eigenvalue weighted by Crippen LogP contribution is -2.30. The Bertz CT molecular complexity index is 747. The number of imidazole rings is 1. The average molecular weight is 326 g/mol. The van der Waals surface area contributed by atoms with E-state index < -0.39 is 12.1 Å². The van der Waals surface area contributed by atoms with Crippen LogP contribution >= 0.6 is 0 Å². The van der Waals surface area contributed by atoms with Gasteiger partial charge in [-0.15, -0.1) is 0 Å². The number of hydrogen-bond acceptors (Lipinski definition) is 3. The molecule has 24 heavy (non-hydrogen) atoms. The molecule has 2 aliphatic rings. The Kier molecular flexibility index (Phi) is 3.88. The number of rotatable bonds is 4. The van der Waals surface area contributed by atoms with Crippen LogP contribution in [0.2, 0.25) is 0 Å². The zero-order valence-electron chi connectivity index (χ0n) is 13.5. The fourth-order valence-corrected chi connectivity index (χ4v) is 4.34. The van der Waals surface area contributed by atoms with Crippen molar-refractivity contribution in [2.45, 2.75) is 44.2 Å². The standard InChI is InChI=1S/C19H22N2O3/c22-18(12-5-7-13(8-6-12)19(23)24)9-16-14-3-1-2-4-15(14)17-10-20-11-21(16)17/h1-4,10-13,16,18,22H,5-9H2,(H,23,24)/t12-,13-,16?,18?. The van der Waals surface area contributed by atoms with Gasteiger partial charge in [0.2, 0.25) is 0 Å². The van der Waals surface area contributed by atoms with Gasteiger partial charge in [0, 0.05) is 5.56 Å². The number of aromatic nitrogens is 2. The predicted octanol–water partition coefficient (Wildman–Crippen LogP) is 3.09. The SMILES string of the molecule is O=C(O)[C@H]1CC[C@H](C(O)CC2c3ccccc3-c3cncn32)CC1. The second kappa shape index (κ2) is 6.06. The van der Waals surface area contributed by atoms with Gasteiger partial charge in [-0.25, -0.2) is 4.98 Å². The Hall–Kier alpha value is -2.14. The molecule has 0 saturated heterocycles. The van der Waals surface area contributed by atoms with E-state index >= 15 is 0 Å². The van der Waals surface area contributed by atoms with E-state index in [2.05, 4.69) is 21.7 Å². The maximum Gasteiger partial charge on any atom is 0.306 e. The van der Waals surface area contributed by atoms with Crippen LogP contribution in [-0.2, 0) is 4.79 Å². The van der Waals surface area contributed by atoms with Crippen LogP contribution < -0.4 is 0 Å². The molecular formula is C19H22N2O3. The van der Waals surface area contributed by atoms with Gasteiger partial charge in [-0.2, -0.15) is 0 Å². The van der Waals surface area contributed by atoms with Gasteiger partial charge in [-0.3, -0.25) is 4.79 Å². The lowest BCUT2D eigenvalue weighted by molar-refractivity contribution is -0.143. The summed E-state index contributed by atoms with van der Waals surface area (Å²) in [6.07, 6.45) is 6.90. The molecule has 2 unspecified atom stereocenters. The van der Waals surface area contributed by atoms with Gasteiger partial charge < -0.3 is 14.8 Å². The number of aliphatic hydroxyl groups excluding tert-OH is 1. The molecule has 2 atom stereocenters. The third kappa shape index (κ3) is 2.53. The lowest BCUT2D eigenvalue weighted by Gasteiger charge is -2.31. The number of aliphatic hydroxyl groups is 1. The molecule has 0 spiro atoms. The van der Waals surface area contributed by atoms with E-state index in [1.807, 2.05) is 24.7 Å². The summed E-state index contributed by atoms with van der Waals surface area (Å²) in [5.74, 6) is -0.739. The predicted molar refractivity (Wildman–Crippen MR) is 89.5 cm³/mol. The van der Waals surface area contributed by atoms with Crippen LogP contribution in [-0.4, -0.2) is 31.8 Å². The van der Waals surface area contributed by atoms with Gasteiger partial charge >= 0.3 is 5.97 Å². The number of nitrogens with zero attached hydrogens (tertiary/aromatic N) is 2. The fourth-order valence-electron chi connectivity index (χ4n) is 4.34. The second-order valence-electron chi connectivity index (χ2n) is 7.04. The summed E-state index contributed by atoms with van der Waals surface area (Å²) in [4.78, 5) is 15.3. The molecule has 1 aliphatic carbocycles. The molecule has 0 amide bonds. The highest BCUT2D eigenvalue weighted by atomic mass is 16.4. The molecule has 1 aliphatic heterocycles. The van der Waals surface area contributed by atoms with Crippen molar-refractivity contribution >= 4 is 5.97 Å². The molecule has 1 saturated carbocycles. The molecule has 5 nitrogen and oxygen atoms in total. The highest BCUT2D eigenvalue weighted by Crippen LogP contribution is 2.43. The van der Waals surface area contributed by atoms with E-state index in [1.165, 1.54) is 11.1 Å². The molecular weight excluding hydrogens is 304 g/mol. The van der Waals surface area contributed by atoms with Gasteiger partial charge in [0.05, 0.1) is 36.3 Å². The summed E-state index contributed by atoms with van der Waals surface area (Å²) in [5.41, 5.74) is 3.55. The number of benzene rings is 1. The molecule has 0 bridgehead atoms. The van der Waals surface area contributed by atoms with E-state index in [9.17, 15) is 9.90 Å². The lowest BCUT2D eigenvalue weighted by atomic mass is 9.78. The van der Waals surface area contributed by atoms with Crippen LogP contribution in [0.3, 0.4) is 0 Å². The maximum absolute atomic E-state index is 11.1. The van der Waals surface area contributed by atoms with Crippen molar-refractivity contribution in [1.82, 2.24) is 9.55 Å². The number of carboxylic acids is 1. The molecule has 2 heterocycles. The maximum atomic E-state index is 11.1. The third-order valence-electron chi connectivity index (χ3n) is 5.73. The van der Waals surface area contributed by atoms with Gasteiger partial charge in [0.1, 0.15) is 0 Å². The van der Waals surface area contributed by atoms with Crippen molar-refractivity contribution in [1.29, 1.82) is 0 Å². The Labute approximate surface area is 141 Å². The fraction of sp³-hybridized carbons (Fsp3) is 0.474. The Morgan fingerprint density at radius 1 is 1.25 bits per heavy atom. The van der Waals surface area contributed by atoms with Crippen LogP contribution in [0, 0.1) is 11.8 Å². The molecule has 2 N–H and O–H groups in total. The molecule has 1 aromatic carbocycles. The third-order valence-corrected chi connectivity index (χ3v) is 5.73. The number of fused-ring (bicyclic) bond motifs is 3. The number of carbonyl (C=O) groups is 1. The van der Waals surface area contributed by atoms with E-state index in [4.69, 9.17) is 5.11 Å². The minimum Gasteiger partial charge on any atom is -0.481 e. The first-order valence-corrected chi connectivity index (χ1v) is 8.67. The van der Waals surface area contributed by atoms with Crippen molar-refractivity contribution in [2.75, 3.05) is 0 Å². The number of aliphatic carboxylic acids is 1. The highest BCUT2D eigenvalue weighted by molar-refractivity contribution is 5.70. The molecule has 4 rings (SSSR count). The summed E-state index contributed by atoms with van der Waals surface area (Å²) in [5, 5.41) is 19.9. The van der Waals surface area contributed by atoms with E-state index in [-0.39, 0.29) is 17.9 Å². The van der Waals surface area contributed by atoms with E-state index in [1.54, 1.807) is 0 Å². The van der Waals surface area contributed by atoms with Crippen molar-refractivity contribution in [3.8, 4) is 11.3 Å². The minimum absolute atomic E-state index is 0.117. The van der Waals surface area contributed by atoms with Gasteiger partial charge in [0.25, 0.3) is 0 Å². The van der Waals surface area contributed by atoms with Crippen LogP contribution in [0.4, 0.5) is 0 Å². The summed E-state index contributed by atoms with van der Waals surface area (Å²) >= 11 is 0. The average Bonchev–Trinajstić information content (AvgIpc) is 3.18. The summed E-state index contributed by atoms with van der Waals surface area (Å²) in [6.45, 7) is 0. The van der Waals surface area contributed by atoms with Crippen LogP contribution in [0.5, 0.6) is 0 Å². The van der Waals surface area contributed by atoms with E-state index in [0.717, 1.165) is 18.5 Å². The minimum atomic E-state index is -0.698. The second-order valence-corrected chi connectivity index (χ2v) is 7.04. The topological polar surface area (TPSA) is 75.3 Å². The van der Waals surface area contributed by atoms with E-state index in [0.29, 0.717) is 19.3 Å². The van der Waals surface area contributed by atoms with Gasteiger partial charge in [0.15, 0.2) is 0 Å². The Morgan fingerprint density at radius 2 is 2.00 bits per heavy atom. The molecule has 1 aromatic heterocycles. The normalized spacial score (nSPS) is 26.6. The number of carboxylic acid groups (broad SMARTS) is 1. The molecule has 126 valence electrons. The zero-order valence-corrected chi connectivity index (χ0v) is 13.5. The molecule has 2 aromatic rings. The molecule has 5 heteroatoms. The first-order valence-electron chi connectivity index (χ1n) is 8.67. The number of hydrogen-bond donors (Lipinski definition) is 2. The summed E-state index contributed by atoms with van der Waals surface area (Å²) in [6, 6.07) is 8.41. The first-order chi connectivity index (χ1) is 11.6. The zero-order chi connectivity index (χ0) is 16.7. The summed E-state index contributed by atoms with van der Waals surface area (Å²) in [7, 11) is 0. The van der Waals surface area contributed by atoms with Crippen LogP contribution in [0.1, 0.15) is 43.7 Å². The van der Waals surface area contributed by atoms with Crippen molar-refractivity contribution in [3.63, 3.8) is 0 Å². The van der Waals surface area contributed by atoms with Gasteiger partial charge in [-0.1, -0.05) is 24.3 Å².